The minimum Gasteiger partial charge on any atom is -0.366 e. The van der Waals surface area contributed by atoms with E-state index in [4.69, 9.17) is 16.3 Å². The molecule has 0 aromatic heterocycles. The Bertz CT molecular complexity index is 135. The highest BCUT2D eigenvalue weighted by molar-refractivity contribution is 6.17. The first kappa shape index (κ1) is 23.5. The maximum atomic E-state index is 5.40. The van der Waals surface area contributed by atoms with Gasteiger partial charge in [-0.3, -0.25) is 0 Å². The number of unbranched alkanes of at least 4 members (excludes halogenated alkanes) is 12. The van der Waals surface area contributed by atoms with Crippen molar-refractivity contribution >= 4 is 11.6 Å². The minimum absolute atomic E-state index is 0.345. The predicted molar refractivity (Wildman–Crippen MR) is 98.3 cm³/mol. The zero-order valence-corrected chi connectivity index (χ0v) is 15.9. The quantitative estimate of drug-likeness (QED) is 0.222. The van der Waals surface area contributed by atoms with Gasteiger partial charge < -0.3 is 4.74 Å². The third kappa shape index (κ3) is 29.0. The molecule has 130 valence electrons. The van der Waals surface area contributed by atoms with Crippen molar-refractivity contribution in [1.82, 2.24) is 0 Å². The second-order valence-electron chi connectivity index (χ2n) is 5.91. The van der Waals surface area contributed by atoms with Gasteiger partial charge in [-0.15, -0.1) is 0 Å². The molecule has 0 aromatic carbocycles. The molecule has 0 atom stereocenters. The van der Waals surface area contributed by atoms with Crippen LogP contribution in [0.3, 0.4) is 0 Å². The predicted octanol–water partition coefficient (Wildman–Crippen LogP) is 7.71. The molecule has 0 saturated heterocycles. The molecule has 0 aromatic rings. The summed E-state index contributed by atoms with van der Waals surface area (Å²) in [7, 11) is 0. The highest BCUT2D eigenvalue weighted by Gasteiger charge is 1.92. The minimum atomic E-state index is 0.345. The number of alkyl halides is 1. The first-order chi connectivity index (χ1) is 10.3. The second kappa shape index (κ2) is 25.2. The van der Waals surface area contributed by atoms with E-state index in [1.165, 1.54) is 89.9 Å². The van der Waals surface area contributed by atoms with Crippen LogP contribution in [-0.4, -0.2) is 12.7 Å². The number of hydrogen-bond donors (Lipinski definition) is 0. The fourth-order valence-corrected chi connectivity index (χ4v) is 2.36. The molecule has 0 saturated carbocycles. The smallest absolute Gasteiger partial charge is 0.120 e. The summed E-state index contributed by atoms with van der Waals surface area (Å²) in [5.74, 6) is 0. The Labute approximate surface area is 140 Å². The van der Waals surface area contributed by atoms with Crippen molar-refractivity contribution in [2.45, 2.75) is 111 Å². The Balaban J connectivity index is 0. The SMILES string of the molecule is CCCCCC.CCCCCCCCCCCCOCCl. The first-order valence-corrected chi connectivity index (χ1v) is 10.0. The van der Waals surface area contributed by atoms with Gasteiger partial charge >= 0.3 is 0 Å². The normalized spacial score (nSPS) is 10.3. The van der Waals surface area contributed by atoms with Gasteiger partial charge in [-0.1, -0.05) is 116 Å². The number of rotatable bonds is 15. The summed E-state index contributed by atoms with van der Waals surface area (Å²) in [6, 6.07) is 0.345. The average Bonchev–Trinajstić information content (AvgIpc) is 2.51. The summed E-state index contributed by atoms with van der Waals surface area (Å²) < 4.78 is 5.07. The maximum Gasteiger partial charge on any atom is 0.120 e. The monoisotopic (exact) mass is 320 g/mol. The third-order valence-electron chi connectivity index (χ3n) is 3.68. The fraction of sp³-hybridized carbons (Fsp3) is 1.00. The molecule has 0 N–H and O–H groups in total. The molecule has 1 nitrogen and oxygen atoms in total. The topological polar surface area (TPSA) is 9.23 Å². The van der Waals surface area contributed by atoms with Crippen LogP contribution in [0.15, 0.2) is 0 Å². The van der Waals surface area contributed by atoms with Crippen LogP contribution < -0.4 is 0 Å². The van der Waals surface area contributed by atoms with Gasteiger partial charge in [0.25, 0.3) is 0 Å². The summed E-state index contributed by atoms with van der Waals surface area (Å²) in [5.41, 5.74) is 0. The zero-order chi connectivity index (χ0) is 16.0. The van der Waals surface area contributed by atoms with Gasteiger partial charge in [-0.25, -0.2) is 0 Å². The van der Waals surface area contributed by atoms with Crippen molar-refractivity contribution < 1.29 is 4.74 Å². The van der Waals surface area contributed by atoms with Gasteiger partial charge in [0, 0.05) is 6.61 Å². The van der Waals surface area contributed by atoms with Gasteiger partial charge in [0.05, 0.1) is 0 Å². The van der Waals surface area contributed by atoms with Crippen molar-refractivity contribution in [2.75, 3.05) is 12.7 Å². The molecule has 0 rings (SSSR count). The van der Waals surface area contributed by atoms with Crippen LogP contribution in [0, 0.1) is 0 Å². The summed E-state index contributed by atoms with van der Waals surface area (Å²) >= 11 is 5.40. The van der Waals surface area contributed by atoms with Crippen molar-refractivity contribution in [3.05, 3.63) is 0 Å². The molecular formula is C19H41ClO. The Morgan fingerprint density at radius 2 is 0.857 bits per heavy atom. The van der Waals surface area contributed by atoms with Gasteiger partial charge in [-0.05, 0) is 6.42 Å². The van der Waals surface area contributed by atoms with E-state index in [9.17, 15) is 0 Å². The van der Waals surface area contributed by atoms with E-state index in [1.54, 1.807) is 0 Å². The van der Waals surface area contributed by atoms with Gasteiger partial charge in [0.1, 0.15) is 6.07 Å². The van der Waals surface area contributed by atoms with Crippen LogP contribution in [0.4, 0.5) is 0 Å². The molecule has 0 radical (unpaired) electrons. The van der Waals surface area contributed by atoms with Gasteiger partial charge in [-0.2, -0.15) is 0 Å². The van der Waals surface area contributed by atoms with Crippen LogP contribution in [0.1, 0.15) is 111 Å². The molecule has 0 aliphatic heterocycles. The van der Waals surface area contributed by atoms with Crippen LogP contribution in [0.5, 0.6) is 0 Å². The summed E-state index contributed by atoms with van der Waals surface area (Å²) in [6.45, 7) is 7.56. The van der Waals surface area contributed by atoms with E-state index in [1.807, 2.05) is 0 Å². The van der Waals surface area contributed by atoms with E-state index >= 15 is 0 Å². The Hall–Kier alpha value is 0.250. The Kier molecular flexibility index (Phi) is 28.2. The highest BCUT2D eigenvalue weighted by atomic mass is 35.5. The molecule has 2 heteroatoms. The van der Waals surface area contributed by atoms with Crippen molar-refractivity contribution in [1.29, 1.82) is 0 Å². The highest BCUT2D eigenvalue weighted by Crippen LogP contribution is 2.10. The Morgan fingerprint density at radius 1 is 0.524 bits per heavy atom. The molecule has 0 spiro atoms. The molecule has 0 bridgehead atoms. The number of halogens is 1. The maximum absolute atomic E-state index is 5.40. The lowest BCUT2D eigenvalue weighted by atomic mass is 10.1. The van der Waals surface area contributed by atoms with Crippen LogP contribution >= 0.6 is 11.6 Å². The van der Waals surface area contributed by atoms with Crippen molar-refractivity contribution in [3.8, 4) is 0 Å². The standard InChI is InChI=1S/C13H27ClO.C6H14/c1-2-3-4-5-6-7-8-9-10-11-12-15-13-14;1-3-5-6-4-2/h2-13H2,1H3;3-6H2,1-2H3. The summed E-state index contributed by atoms with van der Waals surface area (Å²) in [5, 5.41) is 0. The van der Waals surface area contributed by atoms with E-state index in [-0.39, 0.29) is 0 Å². The van der Waals surface area contributed by atoms with Crippen molar-refractivity contribution in [3.63, 3.8) is 0 Å². The lowest BCUT2D eigenvalue weighted by Gasteiger charge is -2.02. The van der Waals surface area contributed by atoms with E-state index in [0.29, 0.717) is 6.07 Å². The molecule has 0 aliphatic carbocycles. The van der Waals surface area contributed by atoms with Crippen LogP contribution in [-0.2, 0) is 4.74 Å². The van der Waals surface area contributed by atoms with Gasteiger partial charge in [0.2, 0.25) is 0 Å². The summed E-state index contributed by atoms with van der Waals surface area (Å²) in [4.78, 5) is 0. The first-order valence-electron chi connectivity index (χ1n) is 9.47. The van der Waals surface area contributed by atoms with Gasteiger partial charge in [0.15, 0.2) is 0 Å². The number of hydrogen-bond acceptors (Lipinski definition) is 1. The van der Waals surface area contributed by atoms with E-state index < -0.39 is 0 Å². The lowest BCUT2D eigenvalue weighted by molar-refractivity contribution is 0.173. The number of ether oxygens (including phenoxy) is 1. The second-order valence-corrected chi connectivity index (χ2v) is 6.12. The molecule has 0 fully saturated rings. The molecule has 0 amide bonds. The average molecular weight is 321 g/mol. The third-order valence-corrected chi connectivity index (χ3v) is 3.83. The van der Waals surface area contributed by atoms with Crippen LogP contribution in [0.2, 0.25) is 0 Å². The zero-order valence-electron chi connectivity index (χ0n) is 15.1. The molecule has 0 aliphatic rings. The van der Waals surface area contributed by atoms with Crippen molar-refractivity contribution in [2.24, 2.45) is 0 Å². The lowest BCUT2D eigenvalue weighted by Crippen LogP contribution is -1.91. The van der Waals surface area contributed by atoms with E-state index in [2.05, 4.69) is 20.8 Å². The van der Waals surface area contributed by atoms with E-state index in [0.717, 1.165) is 6.61 Å². The summed E-state index contributed by atoms with van der Waals surface area (Å²) in [6.07, 6.45) is 19.2. The van der Waals surface area contributed by atoms with Crippen LogP contribution in [0.25, 0.3) is 0 Å². The molecule has 21 heavy (non-hydrogen) atoms. The molecule has 0 heterocycles. The molecule has 0 unspecified atom stereocenters. The molecular weight excluding hydrogens is 280 g/mol. The fourth-order valence-electron chi connectivity index (χ4n) is 2.25. The Morgan fingerprint density at radius 3 is 1.24 bits per heavy atom. The largest absolute Gasteiger partial charge is 0.366 e.